The summed E-state index contributed by atoms with van der Waals surface area (Å²) in [6, 6.07) is 16.4. The van der Waals surface area contributed by atoms with Crippen molar-refractivity contribution in [2.24, 2.45) is 5.92 Å². The molecule has 0 bridgehead atoms. The third-order valence-corrected chi connectivity index (χ3v) is 5.77. The van der Waals surface area contributed by atoms with E-state index < -0.39 is 0 Å². The maximum atomic E-state index is 13.1. The lowest BCUT2D eigenvalue weighted by Crippen LogP contribution is -2.40. The van der Waals surface area contributed by atoms with Crippen LogP contribution in [0.15, 0.2) is 48.5 Å². The molecule has 2 amide bonds. The SMILES string of the molecule is CC(C)c1ccccc1N1CC(C(=O)N2CCc3ccccc3C2)CC1=O. The predicted molar refractivity (Wildman–Crippen MR) is 107 cm³/mol. The summed E-state index contributed by atoms with van der Waals surface area (Å²) >= 11 is 0. The van der Waals surface area contributed by atoms with Crippen LogP contribution in [0, 0.1) is 5.92 Å². The highest BCUT2D eigenvalue weighted by Crippen LogP contribution is 2.33. The van der Waals surface area contributed by atoms with E-state index in [1.807, 2.05) is 34.1 Å². The monoisotopic (exact) mass is 362 g/mol. The Bertz CT molecular complexity index is 874. The highest BCUT2D eigenvalue weighted by molar-refractivity contribution is 6.01. The van der Waals surface area contributed by atoms with Crippen LogP contribution in [-0.2, 0) is 22.6 Å². The average Bonchev–Trinajstić information content (AvgIpc) is 3.08. The van der Waals surface area contributed by atoms with Crippen LogP contribution >= 0.6 is 0 Å². The average molecular weight is 362 g/mol. The minimum absolute atomic E-state index is 0.0545. The van der Waals surface area contributed by atoms with E-state index in [-0.39, 0.29) is 17.7 Å². The van der Waals surface area contributed by atoms with Crippen molar-refractivity contribution in [3.63, 3.8) is 0 Å². The molecule has 2 aromatic rings. The van der Waals surface area contributed by atoms with Crippen molar-refractivity contribution in [1.82, 2.24) is 4.90 Å². The molecule has 0 N–H and O–H groups in total. The second-order valence-corrected chi connectivity index (χ2v) is 7.90. The van der Waals surface area contributed by atoms with E-state index in [1.165, 1.54) is 11.1 Å². The van der Waals surface area contributed by atoms with Crippen molar-refractivity contribution in [3.8, 4) is 0 Å². The number of carbonyl (C=O) groups excluding carboxylic acids is 2. The lowest BCUT2D eigenvalue weighted by atomic mass is 9.98. The standard InChI is InChI=1S/C23H26N2O2/c1-16(2)20-9-5-6-10-21(20)25-15-19(13-22(25)26)23(27)24-12-11-17-7-3-4-8-18(17)14-24/h3-10,16,19H,11-15H2,1-2H3. The van der Waals surface area contributed by atoms with Gasteiger partial charge in [-0.1, -0.05) is 56.3 Å². The molecule has 2 aromatic carbocycles. The Hall–Kier alpha value is -2.62. The third kappa shape index (κ3) is 3.36. The van der Waals surface area contributed by atoms with Crippen molar-refractivity contribution in [2.45, 2.75) is 39.2 Å². The number of nitrogens with zero attached hydrogens (tertiary/aromatic N) is 2. The predicted octanol–water partition coefficient (Wildman–Crippen LogP) is 3.75. The quantitative estimate of drug-likeness (QED) is 0.834. The van der Waals surface area contributed by atoms with E-state index in [4.69, 9.17) is 0 Å². The number of para-hydroxylation sites is 1. The molecule has 2 aliphatic heterocycles. The molecule has 1 unspecified atom stereocenters. The molecule has 4 nitrogen and oxygen atoms in total. The Morgan fingerprint density at radius 1 is 1.04 bits per heavy atom. The second-order valence-electron chi connectivity index (χ2n) is 7.90. The van der Waals surface area contributed by atoms with E-state index in [0.29, 0.717) is 25.4 Å². The Balaban J connectivity index is 1.51. The Kier molecular flexibility index (Phi) is 4.73. The van der Waals surface area contributed by atoms with Crippen molar-refractivity contribution in [3.05, 3.63) is 65.2 Å². The molecule has 2 aliphatic rings. The molecule has 0 saturated carbocycles. The lowest BCUT2D eigenvalue weighted by molar-refractivity contribution is -0.136. The molecule has 4 rings (SSSR count). The topological polar surface area (TPSA) is 40.6 Å². The summed E-state index contributed by atoms with van der Waals surface area (Å²) in [5.74, 6) is 0.256. The first-order valence-corrected chi connectivity index (χ1v) is 9.79. The van der Waals surface area contributed by atoms with Crippen LogP contribution in [0.2, 0.25) is 0 Å². The zero-order valence-corrected chi connectivity index (χ0v) is 16.0. The largest absolute Gasteiger partial charge is 0.338 e. The maximum absolute atomic E-state index is 13.1. The fourth-order valence-corrected chi connectivity index (χ4v) is 4.27. The number of rotatable bonds is 3. The number of amides is 2. The molecule has 1 fully saturated rings. The molecule has 140 valence electrons. The summed E-state index contributed by atoms with van der Waals surface area (Å²) in [4.78, 5) is 29.5. The summed E-state index contributed by atoms with van der Waals surface area (Å²) in [5, 5.41) is 0. The van der Waals surface area contributed by atoms with Gasteiger partial charge < -0.3 is 9.80 Å². The number of fused-ring (bicyclic) bond motifs is 1. The first-order chi connectivity index (χ1) is 13.0. The summed E-state index contributed by atoms with van der Waals surface area (Å²) < 4.78 is 0. The molecular weight excluding hydrogens is 336 g/mol. The van der Waals surface area contributed by atoms with Crippen LogP contribution in [0.25, 0.3) is 0 Å². The first kappa shape index (κ1) is 17.8. The van der Waals surface area contributed by atoms with E-state index >= 15 is 0 Å². The first-order valence-electron chi connectivity index (χ1n) is 9.79. The van der Waals surface area contributed by atoms with E-state index in [1.54, 1.807) is 0 Å². The smallest absolute Gasteiger partial charge is 0.228 e. The normalized spacial score (nSPS) is 19.5. The van der Waals surface area contributed by atoms with Gasteiger partial charge in [-0.25, -0.2) is 0 Å². The van der Waals surface area contributed by atoms with Gasteiger partial charge in [0, 0.05) is 31.7 Å². The van der Waals surface area contributed by atoms with Gasteiger partial charge in [-0.3, -0.25) is 9.59 Å². The van der Waals surface area contributed by atoms with E-state index in [9.17, 15) is 9.59 Å². The number of hydrogen-bond donors (Lipinski definition) is 0. The minimum atomic E-state index is -0.247. The van der Waals surface area contributed by atoms with Gasteiger partial charge in [0.15, 0.2) is 0 Å². The molecule has 0 aromatic heterocycles. The molecule has 0 aliphatic carbocycles. The fraction of sp³-hybridized carbons (Fsp3) is 0.391. The van der Waals surface area contributed by atoms with Crippen molar-refractivity contribution in [2.75, 3.05) is 18.0 Å². The number of benzene rings is 2. The zero-order valence-electron chi connectivity index (χ0n) is 16.0. The third-order valence-electron chi connectivity index (χ3n) is 5.77. The van der Waals surface area contributed by atoms with Gasteiger partial charge in [0.25, 0.3) is 0 Å². The van der Waals surface area contributed by atoms with Crippen LogP contribution in [0.4, 0.5) is 5.69 Å². The van der Waals surface area contributed by atoms with Gasteiger partial charge in [-0.05, 0) is 35.1 Å². The molecule has 0 radical (unpaired) electrons. The van der Waals surface area contributed by atoms with Crippen molar-refractivity contribution in [1.29, 1.82) is 0 Å². The van der Waals surface area contributed by atoms with Gasteiger partial charge in [-0.15, -0.1) is 0 Å². The summed E-state index contributed by atoms with van der Waals surface area (Å²) in [7, 11) is 0. The fourth-order valence-electron chi connectivity index (χ4n) is 4.27. The molecular formula is C23H26N2O2. The van der Waals surface area contributed by atoms with Gasteiger partial charge in [0.2, 0.25) is 11.8 Å². The van der Waals surface area contributed by atoms with Gasteiger partial charge in [-0.2, -0.15) is 0 Å². The second kappa shape index (κ2) is 7.18. The molecule has 1 atom stereocenters. The van der Waals surface area contributed by atoms with Crippen LogP contribution in [0.3, 0.4) is 0 Å². The van der Waals surface area contributed by atoms with Crippen LogP contribution < -0.4 is 4.90 Å². The van der Waals surface area contributed by atoms with E-state index in [2.05, 4.69) is 38.1 Å². The molecule has 1 saturated heterocycles. The van der Waals surface area contributed by atoms with Crippen molar-refractivity contribution < 1.29 is 9.59 Å². The highest BCUT2D eigenvalue weighted by atomic mass is 16.2. The summed E-state index contributed by atoms with van der Waals surface area (Å²) in [6.45, 7) is 6.14. The number of anilines is 1. The van der Waals surface area contributed by atoms with Crippen LogP contribution in [0.5, 0.6) is 0 Å². The Morgan fingerprint density at radius 2 is 1.74 bits per heavy atom. The molecule has 0 spiro atoms. The number of carbonyl (C=O) groups is 2. The maximum Gasteiger partial charge on any atom is 0.228 e. The lowest BCUT2D eigenvalue weighted by Gasteiger charge is -2.31. The van der Waals surface area contributed by atoms with Gasteiger partial charge in [0.05, 0.1) is 5.92 Å². The van der Waals surface area contributed by atoms with Crippen LogP contribution in [0.1, 0.15) is 42.9 Å². The van der Waals surface area contributed by atoms with Crippen molar-refractivity contribution >= 4 is 17.5 Å². The molecule has 27 heavy (non-hydrogen) atoms. The molecule has 4 heteroatoms. The molecule has 2 heterocycles. The summed E-state index contributed by atoms with van der Waals surface area (Å²) in [5.41, 5.74) is 4.67. The highest BCUT2D eigenvalue weighted by Gasteiger charge is 2.38. The summed E-state index contributed by atoms with van der Waals surface area (Å²) in [6.07, 6.45) is 1.20. The van der Waals surface area contributed by atoms with Gasteiger partial charge >= 0.3 is 0 Å². The number of hydrogen-bond acceptors (Lipinski definition) is 2. The zero-order chi connectivity index (χ0) is 19.0. The van der Waals surface area contributed by atoms with Crippen LogP contribution in [-0.4, -0.2) is 29.8 Å². The van der Waals surface area contributed by atoms with Gasteiger partial charge in [0.1, 0.15) is 0 Å². The Labute approximate surface area is 160 Å². The van der Waals surface area contributed by atoms with E-state index in [0.717, 1.165) is 24.2 Å². The Morgan fingerprint density at radius 3 is 2.52 bits per heavy atom. The minimum Gasteiger partial charge on any atom is -0.338 e.